The lowest BCUT2D eigenvalue weighted by Gasteiger charge is -2.12. The lowest BCUT2D eigenvalue weighted by atomic mass is 10.0. The number of aliphatic carboxylic acids is 1. The quantitative estimate of drug-likeness (QED) is 0.856. The van der Waals surface area contributed by atoms with Crippen LogP contribution >= 0.6 is 0 Å². The molecule has 2 aliphatic rings. The molecule has 2 aromatic rings. The van der Waals surface area contributed by atoms with E-state index in [1.807, 2.05) is 42.6 Å². The molecule has 21 heavy (non-hydrogen) atoms. The molecule has 3 heterocycles. The summed E-state index contributed by atoms with van der Waals surface area (Å²) in [7, 11) is 0. The minimum Gasteiger partial charge on any atom is -0.478 e. The highest BCUT2D eigenvalue weighted by Crippen LogP contribution is 2.15. The van der Waals surface area contributed by atoms with Crippen molar-refractivity contribution in [3.05, 3.63) is 70.1 Å². The number of rotatable bonds is 1. The lowest BCUT2D eigenvalue weighted by molar-refractivity contribution is -0.132. The fraction of sp³-hybridized carbons (Fsp3) is 0.0588. The number of allylic oxidation sites excluding steroid dienone is 1. The molecule has 0 radical (unpaired) electrons. The molecule has 0 aliphatic carbocycles. The molecule has 0 saturated carbocycles. The van der Waals surface area contributed by atoms with Crippen LogP contribution in [0.5, 0.6) is 0 Å². The van der Waals surface area contributed by atoms with Crippen molar-refractivity contribution in [3.8, 4) is 5.69 Å². The van der Waals surface area contributed by atoms with Crippen molar-refractivity contribution in [2.24, 2.45) is 4.99 Å². The standard InChI is InChI=1S/C17H12N2O2/c20-17(21)12-9-11-6-7-15-14(16(11)18-10-12)5-1-3-13-4-2-8-19(13)15/h1-8,10H,9H2,(H,20,21). The predicted molar refractivity (Wildman–Crippen MR) is 79.5 cm³/mol. The molecule has 4 rings (SSSR count). The van der Waals surface area contributed by atoms with Crippen molar-refractivity contribution in [2.75, 3.05) is 0 Å². The van der Waals surface area contributed by atoms with Crippen molar-refractivity contribution in [2.45, 2.75) is 6.42 Å². The zero-order valence-electron chi connectivity index (χ0n) is 11.2. The maximum atomic E-state index is 11.1. The molecule has 4 nitrogen and oxygen atoms in total. The first kappa shape index (κ1) is 11.9. The fourth-order valence-electron chi connectivity index (χ4n) is 2.83. The summed E-state index contributed by atoms with van der Waals surface area (Å²) >= 11 is 0. The first-order chi connectivity index (χ1) is 10.2. The van der Waals surface area contributed by atoms with Gasteiger partial charge >= 0.3 is 5.97 Å². The Morgan fingerprint density at radius 3 is 3.05 bits per heavy atom. The van der Waals surface area contributed by atoms with Gasteiger partial charge in [-0.25, -0.2) is 4.79 Å². The molecular formula is C17H12N2O2. The Labute approximate surface area is 120 Å². The van der Waals surface area contributed by atoms with Gasteiger partial charge in [0.15, 0.2) is 0 Å². The third-order valence-electron chi connectivity index (χ3n) is 3.85. The maximum Gasteiger partial charge on any atom is 0.333 e. The number of hydrogen-bond acceptors (Lipinski definition) is 2. The minimum atomic E-state index is -0.907. The van der Waals surface area contributed by atoms with E-state index in [2.05, 4.69) is 15.6 Å². The van der Waals surface area contributed by atoms with E-state index in [4.69, 9.17) is 5.11 Å². The summed E-state index contributed by atoms with van der Waals surface area (Å²) in [6.07, 6.45) is 9.98. The molecule has 0 bridgehead atoms. The Kier molecular flexibility index (Phi) is 2.44. The smallest absolute Gasteiger partial charge is 0.333 e. The Balaban J connectivity index is 2.04. The Hall–Kier alpha value is -2.88. The normalized spacial score (nSPS) is 14.8. The third kappa shape index (κ3) is 1.76. The van der Waals surface area contributed by atoms with Crippen molar-refractivity contribution < 1.29 is 9.90 Å². The van der Waals surface area contributed by atoms with E-state index in [0.29, 0.717) is 12.0 Å². The number of benzene rings is 1. The van der Waals surface area contributed by atoms with Crippen LogP contribution in [0.4, 0.5) is 0 Å². The molecule has 2 aliphatic heterocycles. The number of carbonyl (C=O) groups is 1. The first-order valence-corrected chi connectivity index (χ1v) is 6.72. The molecule has 1 N–H and O–H groups in total. The van der Waals surface area contributed by atoms with E-state index in [0.717, 1.165) is 27.5 Å². The van der Waals surface area contributed by atoms with E-state index in [1.165, 1.54) is 6.20 Å². The molecule has 102 valence electrons. The van der Waals surface area contributed by atoms with E-state index in [1.54, 1.807) is 0 Å². The highest BCUT2D eigenvalue weighted by molar-refractivity contribution is 5.87. The molecule has 0 amide bonds. The van der Waals surface area contributed by atoms with E-state index >= 15 is 0 Å². The topological polar surface area (TPSA) is 54.6 Å². The summed E-state index contributed by atoms with van der Waals surface area (Å²) in [4.78, 5) is 15.5. The van der Waals surface area contributed by atoms with Gasteiger partial charge in [0.25, 0.3) is 0 Å². The zero-order valence-corrected chi connectivity index (χ0v) is 11.2. The van der Waals surface area contributed by atoms with Crippen LogP contribution in [0.2, 0.25) is 0 Å². The molecule has 0 spiro atoms. The van der Waals surface area contributed by atoms with E-state index < -0.39 is 5.97 Å². The maximum absolute atomic E-state index is 11.1. The second kappa shape index (κ2) is 4.31. The highest BCUT2D eigenvalue weighted by atomic mass is 16.4. The molecule has 0 saturated heterocycles. The van der Waals surface area contributed by atoms with Crippen LogP contribution in [-0.4, -0.2) is 15.6 Å². The van der Waals surface area contributed by atoms with Gasteiger partial charge in [-0.3, -0.25) is 4.99 Å². The van der Waals surface area contributed by atoms with Gasteiger partial charge in [-0.2, -0.15) is 0 Å². The molecule has 0 fully saturated rings. The Morgan fingerprint density at radius 2 is 2.19 bits per heavy atom. The van der Waals surface area contributed by atoms with E-state index in [9.17, 15) is 4.79 Å². The fourth-order valence-corrected chi connectivity index (χ4v) is 2.83. The van der Waals surface area contributed by atoms with Gasteiger partial charge in [0.2, 0.25) is 0 Å². The minimum absolute atomic E-state index is 0.327. The average molecular weight is 276 g/mol. The van der Waals surface area contributed by atoms with E-state index in [-0.39, 0.29) is 0 Å². The van der Waals surface area contributed by atoms with Crippen LogP contribution in [0, 0.1) is 0 Å². The van der Waals surface area contributed by atoms with Gasteiger partial charge in [0.05, 0.1) is 16.6 Å². The van der Waals surface area contributed by atoms with Gasteiger partial charge in [0.1, 0.15) is 0 Å². The molecule has 1 aromatic carbocycles. The van der Waals surface area contributed by atoms with Crippen LogP contribution in [0.25, 0.3) is 17.8 Å². The highest BCUT2D eigenvalue weighted by Gasteiger charge is 2.16. The largest absolute Gasteiger partial charge is 0.478 e. The second-order valence-corrected chi connectivity index (χ2v) is 5.10. The number of carboxylic acids is 1. The van der Waals surface area contributed by atoms with Gasteiger partial charge in [-0.1, -0.05) is 18.2 Å². The molecule has 0 atom stereocenters. The number of nitrogens with zero attached hydrogens (tertiary/aromatic N) is 2. The van der Waals surface area contributed by atoms with Crippen molar-refractivity contribution in [1.29, 1.82) is 0 Å². The van der Waals surface area contributed by atoms with Gasteiger partial charge < -0.3 is 9.67 Å². The number of fused-ring (bicyclic) bond motifs is 5. The molecule has 4 heteroatoms. The molecule has 1 aromatic heterocycles. The summed E-state index contributed by atoms with van der Waals surface area (Å²) in [6, 6.07) is 8.06. The van der Waals surface area contributed by atoms with Crippen LogP contribution in [-0.2, 0) is 11.2 Å². The van der Waals surface area contributed by atoms with Gasteiger partial charge in [-0.15, -0.1) is 0 Å². The van der Waals surface area contributed by atoms with Crippen LogP contribution < -0.4 is 10.6 Å². The average Bonchev–Trinajstić information content (AvgIpc) is 2.88. The SMILES string of the molecule is O=C(O)C1=CN=c2c(ccc3c2=CC=Cc2cccn2-3)C1. The third-order valence-corrected chi connectivity index (χ3v) is 3.85. The monoisotopic (exact) mass is 276 g/mol. The first-order valence-electron chi connectivity index (χ1n) is 6.72. The van der Waals surface area contributed by atoms with Crippen LogP contribution in [0.15, 0.2) is 53.3 Å². The van der Waals surface area contributed by atoms with Crippen LogP contribution in [0.1, 0.15) is 11.3 Å². The van der Waals surface area contributed by atoms with Crippen molar-refractivity contribution >= 4 is 18.1 Å². The molecule has 0 unspecified atom stereocenters. The molecular weight excluding hydrogens is 264 g/mol. The van der Waals surface area contributed by atoms with Crippen molar-refractivity contribution in [1.82, 2.24) is 4.57 Å². The van der Waals surface area contributed by atoms with Gasteiger partial charge in [0, 0.05) is 29.7 Å². The lowest BCUT2D eigenvalue weighted by Crippen LogP contribution is -2.34. The predicted octanol–water partition coefficient (Wildman–Crippen LogP) is 1.43. The summed E-state index contributed by atoms with van der Waals surface area (Å²) in [5.74, 6) is -0.907. The second-order valence-electron chi connectivity index (χ2n) is 5.10. The zero-order chi connectivity index (χ0) is 14.4. The number of aromatic nitrogens is 1. The Morgan fingerprint density at radius 1 is 1.29 bits per heavy atom. The van der Waals surface area contributed by atoms with Crippen molar-refractivity contribution in [3.63, 3.8) is 0 Å². The number of hydrogen-bond donors (Lipinski definition) is 1. The summed E-state index contributed by atoms with van der Waals surface area (Å²) in [6.45, 7) is 0. The summed E-state index contributed by atoms with van der Waals surface area (Å²) < 4.78 is 2.11. The Bertz CT molecular complexity index is 946. The van der Waals surface area contributed by atoms with Gasteiger partial charge in [-0.05, 0) is 29.8 Å². The summed E-state index contributed by atoms with van der Waals surface area (Å²) in [5, 5.41) is 11.0. The van der Waals surface area contributed by atoms with Crippen LogP contribution in [0.3, 0.4) is 0 Å². The number of carboxylic acid groups (broad SMARTS) is 1. The summed E-state index contributed by atoms with van der Waals surface area (Å²) in [5.41, 5.74) is 3.46.